The third-order valence-electron chi connectivity index (χ3n) is 5.04. The van der Waals surface area contributed by atoms with E-state index in [0.29, 0.717) is 21.9 Å². The van der Waals surface area contributed by atoms with Crippen LogP contribution in [-0.4, -0.2) is 23.8 Å². The van der Waals surface area contributed by atoms with Crippen molar-refractivity contribution < 1.29 is 9.53 Å². The Bertz CT molecular complexity index is 635. The molecule has 0 bridgehead atoms. The lowest BCUT2D eigenvalue weighted by atomic mass is 9.69. The number of aromatic nitrogens is 1. The van der Waals surface area contributed by atoms with Crippen LogP contribution in [-0.2, 0) is 22.4 Å². The van der Waals surface area contributed by atoms with Crippen molar-refractivity contribution in [3.05, 3.63) is 22.9 Å². The summed E-state index contributed by atoms with van der Waals surface area (Å²) in [6.07, 6.45) is 4.22. The highest BCUT2D eigenvalue weighted by molar-refractivity contribution is 7.99. The zero-order valence-electron chi connectivity index (χ0n) is 14.3. The standard InChI is InChI=1S/C18H24N2O2S/c1-5-18(2,3)14-6-7-15-12(9-14)8-13(10-19)17(20-15)23-11-16(21)22-4/h8,14H,5-7,9,11H2,1-4H3/t14-/m1/s1. The molecule has 1 heterocycles. The summed E-state index contributed by atoms with van der Waals surface area (Å²) in [4.78, 5) is 16.0. The molecule has 0 aliphatic heterocycles. The van der Waals surface area contributed by atoms with Crippen molar-refractivity contribution in [1.29, 1.82) is 5.26 Å². The summed E-state index contributed by atoms with van der Waals surface area (Å²) in [6, 6.07) is 4.19. The Morgan fingerprint density at radius 2 is 2.30 bits per heavy atom. The molecule has 1 atom stereocenters. The molecule has 2 rings (SSSR count). The first-order valence-corrected chi connectivity index (χ1v) is 9.02. The second-order valence-electron chi connectivity index (χ2n) is 6.71. The van der Waals surface area contributed by atoms with E-state index in [4.69, 9.17) is 0 Å². The van der Waals surface area contributed by atoms with E-state index in [9.17, 15) is 10.1 Å². The van der Waals surface area contributed by atoms with Gasteiger partial charge in [-0.05, 0) is 42.2 Å². The minimum absolute atomic E-state index is 0.183. The Kier molecular flexibility index (Phi) is 5.69. The lowest BCUT2D eigenvalue weighted by Gasteiger charge is -2.37. The number of fused-ring (bicyclic) bond motifs is 1. The van der Waals surface area contributed by atoms with E-state index in [0.717, 1.165) is 31.4 Å². The van der Waals surface area contributed by atoms with Crippen LogP contribution < -0.4 is 0 Å². The van der Waals surface area contributed by atoms with Crippen LogP contribution in [0.15, 0.2) is 11.1 Å². The van der Waals surface area contributed by atoms with Gasteiger partial charge in [-0.25, -0.2) is 4.98 Å². The van der Waals surface area contributed by atoms with Crippen LogP contribution in [0, 0.1) is 22.7 Å². The van der Waals surface area contributed by atoms with E-state index in [1.165, 1.54) is 24.4 Å². The largest absolute Gasteiger partial charge is 0.468 e. The number of carbonyl (C=O) groups excluding carboxylic acids is 1. The van der Waals surface area contributed by atoms with E-state index in [1.807, 2.05) is 6.07 Å². The van der Waals surface area contributed by atoms with Gasteiger partial charge in [0.15, 0.2) is 0 Å². The second-order valence-corrected chi connectivity index (χ2v) is 7.67. The molecule has 1 aromatic heterocycles. The summed E-state index contributed by atoms with van der Waals surface area (Å²) >= 11 is 1.28. The fourth-order valence-corrected chi connectivity index (χ4v) is 3.78. The number of thioether (sulfide) groups is 1. The van der Waals surface area contributed by atoms with Gasteiger partial charge in [-0.15, -0.1) is 0 Å². The maximum atomic E-state index is 11.3. The minimum Gasteiger partial charge on any atom is -0.468 e. The Labute approximate surface area is 142 Å². The maximum Gasteiger partial charge on any atom is 0.316 e. The second kappa shape index (κ2) is 7.35. The third-order valence-corrected chi connectivity index (χ3v) is 6.01. The summed E-state index contributed by atoms with van der Waals surface area (Å²) in [6.45, 7) is 6.88. The lowest BCUT2D eigenvalue weighted by Crippen LogP contribution is -2.29. The number of pyridine rings is 1. The van der Waals surface area contributed by atoms with Crippen molar-refractivity contribution in [2.45, 2.75) is 51.5 Å². The first-order valence-electron chi connectivity index (χ1n) is 8.03. The summed E-state index contributed by atoms with van der Waals surface area (Å²) in [5.41, 5.74) is 3.15. The monoisotopic (exact) mass is 332 g/mol. The van der Waals surface area contributed by atoms with Crippen LogP contribution in [0.4, 0.5) is 0 Å². The Balaban J connectivity index is 2.23. The summed E-state index contributed by atoms with van der Waals surface area (Å²) in [5.74, 6) is 0.507. The van der Waals surface area contributed by atoms with Gasteiger partial charge in [0.1, 0.15) is 11.1 Å². The first kappa shape index (κ1) is 17.8. The van der Waals surface area contributed by atoms with E-state index in [-0.39, 0.29) is 11.7 Å². The van der Waals surface area contributed by atoms with Crippen LogP contribution in [0.1, 0.15) is 50.4 Å². The number of esters is 1. The van der Waals surface area contributed by atoms with Crippen LogP contribution in [0.2, 0.25) is 0 Å². The summed E-state index contributed by atoms with van der Waals surface area (Å²) in [5, 5.41) is 10.0. The lowest BCUT2D eigenvalue weighted by molar-refractivity contribution is -0.137. The third kappa shape index (κ3) is 4.06. The van der Waals surface area contributed by atoms with E-state index in [1.54, 1.807) is 0 Å². The van der Waals surface area contributed by atoms with Gasteiger partial charge in [0, 0.05) is 5.69 Å². The predicted octanol–water partition coefficient (Wildman–Crippen LogP) is 3.76. The highest BCUT2D eigenvalue weighted by atomic mass is 32.2. The number of rotatable bonds is 5. The first-order chi connectivity index (χ1) is 10.9. The minimum atomic E-state index is -0.303. The van der Waals surface area contributed by atoms with Crippen LogP contribution in [0.3, 0.4) is 0 Å². The average Bonchev–Trinajstić information content (AvgIpc) is 2.57. The number of methoxy groups -OCH3 is 1. The number of hydrogen-bond acceptors (Lipinski definition) is 5. The van der Waals surface area contributed by atoms with E-state index < -0.39 is 0 Å². The van der Waals surface area contributed by atoms with Crippen molar-refractivity contribution >= 4 is 17.7 Å². The highest BCUT2D eigenvalue weighted by Crippen LogP contribution is 2.40. The fraction of sp³-hybridized carbons (Fsp3) is 0.611. The van der Waals surface area contributed by atoms with Gasteiger partial charge >= 0.3 is 5.97 Å². The van der Waals surface area contributed by atoms with Crippen LogP contribution >= 0.6 is 11.8 Å². The predicted molar refractivity (Wildman–Crippen MR) is 91.3 cm³/mol. The molecular formula is C18H24N2O2S. The molecule has 0 spiro atoms. The molecule has 23 heavy (non-hydrogen) atoms. The Morgan fingerprint density at radius 3 is 2.91 bits per heavy atom. The van der Waals surface area contributed by atoms with Gasteiger partial charge < -0.3 is 4.74 Å². The number of ether oxygens (including phenoxy) is 1. The topological polar surface area (TPSA) is 63.0 Å². The average molecular weight is 332 g/mol. The van der Waals surface area contributed by atoms with Crippen LogP contribution in [0.25, 0.3) is 0 Å². The SMILES string of the molecule is CCC(C)(C)[C@@H]1CCc2nc(SCC(=O)OC)c(C#N)cc2C1. The zero-order chi connectivity index (χ0) is 17.0. The normalized spacial score (nSPS) is 17.3. The number of hydrogen-bond donors (Lipinski definition) is 0. The zero-order valence-corrected chi connectivity index (χ0v) is 15.1. The van der Waals surface area contributed by atoms with Crippen LogP contribution in [0.5, 0.6) is 0 Å². The molecule has 4 nitrogen and oxygen atoms in total. The maximum absolute atomic E-state index is 11.3. The van der Waals surface area contributed by atoms with Gasteiger partial charge in [-0.2, -0.15) is 5.26 Å². The van der Waals surface area contributed by atoms with Crippen molar-refractivity contribution in [2.75, 3.05) is 12.9 Å². The molecule has 5 heteroatoms. The number of nitriles is 1. The highest BCUT2D eigenvalue weighted by Gasteiger charge is 2.32. The molecule has 124 valence electrons. The molecule has 0 aromatic carbocycles. The summed E-state index contributed by atoms with van der Waals surface area (Å²) in [7, 11) is 1.37. The van der Waals surface area contributed by atoms with Crippen molar-refractivity contribution in [3.63, 3.8) is 0 Å². The molecule has 1 aliphatic carbocycles. The number of aryl methyl sites for hydroxylation is 1. The van der Waals surface area contributed by atoms with Gasteiger partial charge in [0.05, 0.1) is 18.4 Å². The summed E-state index contributed by atoms with van der Waals surface area (Å²) < 4.78 is 4.65. The molecule has 1 aromatic rings. The molecule has 0 saturated carbocycles. The van der Waals surface area contributed by atoms with Gasteiger partial charge in [-0.3, -0.25) is 4.79 Å². The smallest absolute Gasteiger partial charge is 0.316 e. The quantitative estimate of drug-likeness (QED) is 0.607. The van der Waals surface area contributed by atoms with Crippen molar-refractivity contribution in [2.24, 2.45) is 11.3 Å². The fourth-order valence-electron chi connectivity index (χ4n) is 2.98. The number of carbonyl (C=O) groups is 1. The van der Waals surface area contributed by atoms with Crippen molar-refractivity contribution in [1.82, 2.24) is 4.98 Å². The molecule has 0 radical (unpaired) electrons. The van der Waals surface area contributed by atoms with Gasteiger partial charge in [0.2, 0.25) is 0 Å². The molecule has 0 saturated heterocycles. The number of nitrogens with zero attached hydrogens (tertiary/aromatic N) is 2. The van der Waals surface area contributed by atoms with E-state index >= 15 is 0 Å². The molecule has 0 unspecified atom stereocenters. The van der Waals surface area contributed by atoms with Crippen molar-refractivity contribution in [3.8, 4) is 6.07 Å². The van der Waals surface area contributed by atoms with Gasteiger partial charge in [-0.1, -0.05) is 39.0 Å². The molecule has 0 amide bonds. The molecule has 1 aliphatic rings. The molecular weight excluding hydrogens is 308 g/mol. The van der Waals surface area contributed by atoms with Gasteiger partial charge in [0.25, 0.3) is 0 Å². The molecule has 0 fully saturated rings. The Hall–Kier alpha value is -1.54. The van der Waals surface area contributed by atoms with E-state index in [2.05, 4.69) is 36.6 Å². The molecule has 0 N–H and O–H groups in total. The Morgan fingerprint density at radius 1 is 1.57 bits per heavy atom.